The number of likely N-dealkylation sites (tertiary alicyclic amines) is 1. The summed E-state index contributed by atoms with van der Waals surface area (Å²) >= 11 is 0. The van der Waals surface area contributed by atoms with Gasteiger partial charge in [0.1, 0.15) is 5.82 Å². The molecule has 3 unspecified atom stereocenters. The number of hydrogen-bond donors (Lipinski definition) is 1. The number of amides is 1. The number of aliphatic hydroxyl groups excluding tert-OH is 1. The second-order valence-corrected chi connectivity index (χ2v) is 7.00. The first-order chi connectivity index (χ1) is 11.7. The molecule has 5 heteroatoms. The van der Waals surface area contributed by atoms with Gasteiger partial charge >= 0.3 is 0 Å². The standard InChI is InChI=1S/C19H25N3O2/c1-2-21-15-9-4-3-8-14(15)20-18(21)16-10-6-12-22(16)19(24)13-7-5-11-17(13)23/h3-4,8-9,13,16-17,23H,2,5-7,10-12H2,1H3. The number of aliphatic hydroxyl groups is 1. The molecule has 1 N–H and O–H groups in total. The van der Waals surface area contributed by atoms with Crippen LogP contribution in [0.2, 0.25) is 0 Å². The number of hydrogen-bond acceptors (Lipinski definition) is 3. The van der Waals surface area contributed by atoms with Crippen molar-refractivity contribution in [3.8, 4) is 0 Å². The Kier molecular flexibility index (Phi) is 4.04. The average Bonchev–Trinajstić information content (AvgIpc) is 3.31. The molecule has 5 nitrogen and oxygen atoms in total. The summed E-state index contributed by atoms with van der Waals surface area (Å²) in [5, 5.41) is 10.1. The zero-order valence-electron chi connectivity index (χ0n) is 14.2. The van der Waals surface area contributed by atoms with Gasteiger partial charge in [0.2, 0.25) is 5.91 Å². The third-order valence-electron chi connectivity index (χ3n) is 5.63. The van der Waals surface area contributed by atoms with Gasteiger partial charge in [-0.3, -0.25) is 4.79 Å². The molecular weight excluding hydrogens is 302 g/mol. The van der Waals surface area contributed by atoms with E-state index in [9.17, 15) is 9.90 Å². The fourth-order valence-electron chi connectivity index (χ4n) is 4.42. The fourth-order valence-corrected chi connectivity index (χ4v) is 4.42. The molecule has 1 aromatic carbocycles. The number of para-hydroxylation sites is 2. The first kappa shape index (κ1) is 15.6. The van der Waals surface area contributed by atoms with E-state index in [1.54, 1.807) is 0 Å². The Morgan fingerprint density at radius 3 is 2.83 bits per heavy atom. The zero-order valence-corrected chi connectivity index (χ0v) is 14.2. The third-order valence-corrected chi connectivity index (χ3v) is 5.63. The van der Waals surface area contributed by atoms with Crippen molar-refractivity contribution in [2.45, 2.75) is 57.7 Å². The van der Waals surface area contributed by atoms with Crippen LogP contribution in [0.25, 0.3) is 11.0 Å². The maximum atomic E-state index is 13.0. The van der Waals surface area contributed by atoms with Gasteiger partial charge in [0.05, 0.1) is 29.1 Å². The van der Waals surface area contributed by atoms with Crippen molar-refractivity contribution in [1.82, 2.24) is 14.5 Å². The van der Waals surface area contributed by atoms with Gasteiger partial charge in [-0.2, -0.15) is 0 Å². The topological polar surface area (TPSA) is 58.4 Å². The Morgan fingerprint density at radius 2 is 2.08 bits per heavy atom. The highest BCUT2D eigenvalue weighted by atomic mass is 16.3. The summed E-state index contributed by atoms with van der Waals surface area (Å²) in [6.45, 7) is 3.75. The Bertz CT molecular complexity index is 754. The SMILES string of the molecule is CCn1c(C2CCCN2C(=O)C2CCCC2O)nc2ccccc21. The number of aryl methyl sites for hydroxylation is 1. The molecule has 2 aliphatic rings. The number of benzene rings is 1. The normalized spacial score (nSPS) is 27.2. The molecule has 0 spiro atoms. The number of fused-ring (bicyclic) bond motifs is 1. The summed E-state index contributed by atoms with van der Waals surface area (Å²) in [6.07, 6.45) is 4.01. The highest BCUT2D eigenvalue weighted by molar-refractivity contribution is 5.81. The predicted molar refractivity (Wildman–Crippen MR) is 92.4 cm³/mol. The van der Waals surface area contributed by atoms with Gasteiger partial charge in [0.25, 0.3) is 0 Å². The van der Waals surface area contributed by atoms with Gasteiger partial charge in [-0.05, 0) is 51.2 Å². The smallest absolute Gasteiger partial charge is 0.228 e. The van der Waals surface area contributed by atoms with Gasteiger partial charge < -0.3 is 14.6 Å². The summed E-state index contributed by atoms with van der Waals surface area (Å²) in [5.41, 5.74) is 2.13. The van der Waals surface area contributed by atoms with Crippen LogP contribution in [0.1, 0.15) is 50.9 Å². The first-order valence-corrected chi connectivity index (χ1v) is 9.14. The molecule has 128 valence electrons. The lowest BCUT2D eigenvalue weighted by atomic mass is 10.0. The number of imidazole rings is 1. The number of nitrogens with zero attached hydrogens (tertiary/aromatic N) is 3. The van der Waals surface area contributed by atoms with Crippen LogP contribution in [0.15, 0.2) is 24.3 Å². The lowest BCUT2D eigenvalue weighted by Gasteiger charge is -2.28. The molecule has 2 fully saturated rings. The molecule has 2 aromatic rings. The molecule has 4 rings (SSSR count). The van der Waals surface area contributed by atoms with Gasteiger partial charge in [0.15, 0.2) is 0 Å². The van der Waals surface area contributed by atoms with E-state index in [2.05, 4.69) is 17.6 Å². The maximum absolute atomic E-state index is 13.0. The molecule has 1 aromatic heterocycles. The van der Waals surface area contributed by atoms with Crippen LogP contribution in [0.4, 0.5) is 0 Å². The molecule has 0 radical (unpaired) electrons. The Morgan fingerprint density at radius 1 is 1.25 bits per heavy atom. The van der Waals surface area contributed by atoms with Crippen LogP contribution in [0.5, 0.6) is 0 Å². The molecule has 1 amide bonds. The summed E-state index contributed by atoms with van der Waals surface area (Å²) < 4.78 is 2.23. The van der Waals surface area contributed by atoms with E-state index in [0.29, 0.717) is 0 Å². The fraction of sp³-hybridized carbons (Fsp3) is 0.579. The van der Waals surface area contributed by atoms with E-state index in [1.165, 1.54) is 0 Å². The minimum atomic E-state index is -0.469. The third kappa shape index (κ3) is 2.42. The van der Waals surface area contributed by atoms with Crippen LogP contribution in [0.3, 0.4) is 0 Å². The second-order valence-electron chi connectivity index (χ2n) is 7.00. The number of carbonyl (C=O) groups is 1. The van der Waals surface area contributed by atoms with Crippen molar-refractivity contribution in [2.75, 3.05) is 6.54 Å². The molecule has 1 saturated heterocycles. The highest BCUT2D eigenvalue weighted by Crippen LogP contribution is 2.37. The van der Waals surface area contributed by atoms with Crippen LogP contribution in [-0.4, -0.2) is 38.1 Å². The Hall–Kier alpha value is -1.88. The molecule has 2 heterocycles. The molecular formula is C19H25N3O2. The van der Waals surface area contributed by atoms with Crippen LogP contribution >= 0.6 is 0 Å². The summed E-state index contributed by atoms with van der Waals surface area (Å²) in [7, 11) is 0. The molecule has 24 heavy (non-hydrogen) atoms. The highest BCUT2D eigenvalue weighted by Gasteiger charge is 2.40. The van der Waals surface area contributed by atoms with Crippen molar-refractivity contribution in [3.05, 3.63) is 30.1 Å². The molecule has 1 aliphatic heterocycles. The van der Waals surface area contributed by atoms with E-state index < -0.39 is 6.10 Å². The maximum Gasteiger partial charge on any atom is 0.228 e. The number of aromatic nitrogens is 2. The van der Waals surface area contributed by atoms with E-state index in [1.807, 2.05) is 23.1 Å². The van der Waals surface area contributed by atoms with Gasteiger partial charge in [-0.15, -0.1) is 0 Å². The first-order valence-electron chi connectivity index (χ1n) is 9.14. The van der Waals surface area contributed by atoms with Crippen molar-refractivity contribution < 1.29 is 9.90 Å². The van der Waals surface area contributed by atoms with Crippen LogP contribution < -0.4 is 0 Å². The van der Waals surface area contributed by atoms with Crippen molar-refractivity contribution in [3.63, 3.8) is 0 Å². The monoisotopic (exact) mass is 327 g/mol. The Balaban J connectivity index is 1.69. The lowest BCUT2D eigenvalue weighted by Crippen LogP contribution is -2.39. The molecule has 1 aliphatic carbocycles. The van der Waals surface area contributed by atoms with E-state index in [0.717, 1.165) is 62.1 Å². The summed E-state index contributed by atoms with van der Waals surface area (Å²) in [6, 6.07) is 8.21. The largest absolute Gasteiger partial charge is 0.392 e. The quantitative estimate of drug-likeness (QED) is 0.943. The predicted octanol–water partition coefficient (Wildman–Crippen LogP) is 2.88. The van der Waals surface area contributed by atoms with Gasteiger partial charge in [0, 0.05) is 13.1 Å². The second kappa shape index (κ2) is 6.20. The lowest BCUT2D eigenvalue weighted by molar-refractivity contribution is -0.139. The van der Waals surface area contributed by atoms with Crippen molar-refractivity contribution in [2.24, 2.45) is 5.92 Å². The molecule has 3 atom stereocenters. The minimum Gasteiger partial charge on any atom is -0.392 e. The Labute approximate surface area is 142 Å². The van der Waals surface area contributed by atoms with E-state index >= 15 is 0 Å². The molecule has 0 bridgehead atoms. The summed E-state index contributed by atoms with van der Waals surface area (Å²) in [5.74, 6) is 0.902. The van der Waals surface area contributed by atoms with Crippen molar-refractivity contribution in [1.29, 1.82) is 0 Å². The number of rotatable bonds is 3. The van der Waals surface area contributed by atoms with Crippen LogP contribution in [-0.2, 0) is 11.3 Å². The van der Waals surface area contributed by atoms with Gasteiger partial charge in [-0.1, -0.05) is 12.1 Å². The zero-order chi connectivity index (χ0) is 16.7. The van der Waals surface area contributed by atoms with E-state index in [-0.39, 0.29) is 17.9 Å². The average molecular weight is 327 g/mol. The molecule has 1 saturated carbocycles. The van der Waals surface area contributed by atoms with Crippen molar-refractivity contribution >= 4 is 16.9 Å². The minimum absolute atomic E-state index is 0.0395. The van der Waals surface area contributed by atoms with E-state index in [4.69, 9.17) is 4.98 Å². The van der Waals surface area contributed by atoms with Crippen LogP contribution in [0, 0.1) is 5.92 Å². The number of carbonyl (C=O) groups excluding carboxylic acids is 1. The van der Waals surface area contributed by atoms with Gasteiger partial charge in [-0.25, -0.2) is 4.98 Å². The summed E-state index contributed by atoms with van der Waals surface area (Å²) in [4.78, 5) is 19.8.